The summed E-state index contributed by atoms with van der Waals surface area (Å²) in [6, 6.07) is 4.03. The number of pyridine rings is 1. The summed E-state index contributed by atoms with van der Waals surface area (Å²) in [4.78, 5) is 40.8. The fourth-order valence-corrected chi connectivity index (χ4v) is 3.64. The molecule has 3 aromatic rings. The van der Waals surface area contributed by atoms with E-state index in [1.807, 2.05) is 12.2 Å². The summed E-state index contributed by atoms with van der Waals surface area (Å²) in [5.41, 5.74) is 7.38. The molecule has 0 aromatic carbocycles. The largest absolute Gasteiger partial charge is 0.464 e. The highest BCUT2D eigenvalue weighted by molar-refractivity contribution is 6.99. The van der Waals surface area contributed by atoms with Crippen LogP contribution in [0.5, 0.6) is 0 Å². The van der Waals surface area contributed by atoms with E-state index in [1.165, 1.54) is 6.26 Å². The first-order valence-corrected chi connectivity index (χ1v) is 9.43. The van der Waals surface area contributed by atoms with E-state index in [0.29, 0.717) is 22.4 Å². The molecule has 4 rings (SSSR count). The van der Waals surface area contributed by atoms with Gasteiger partial charge in [0.15, 0.2) is 5.69 Å². The van der Waals surface area contributed by atoms with Crippen LogP contribution in [-0.2, 0) is 16.0 Å². The molecule has 1 aliphatic rings. The average Bonchev–Trinajstić information content (AvgIpc) is 3.45. The number of fused-ring (bicyclic) bond motifs is 1. The van der Waals surface area contributed by atoms with Crippen LogP contribution in [0.1, 0.15) is 22.5 Å². The summed E-state index contributed by atoms with van der Waals surface area (Å²) < 4.78 is 13.6. The van der Waals surface area contributed by atoms with Gasteiger partial charge in [-0.3, -0.25) is 19.4 Å². The van der Waals surface area contributed by atoms with Crippen molar-refractivity contribution in [3.8, 4) is 11.4 Å². The highest BCUT2D eigenvalue weighted by atomic mass is 32.1. The molecule has 0 radical (unpaired) electrons. The fraction of sp³-hybridized carbons (Fsp3) is 0.158. The second-order valence-electron chi connectivity index (χ2n) is 6.32. The number of nitrogens with one attached hydrogen (secondary N) is 1. The standard InChI is InChI=1S/C19H15N5O4S/c20-18(26)17(25)13(8-10-9-28-14-6-3-4-11(10)14)22-19(27)16-15(23-29-24-16)12-5-1-2-7-21-12/h1-2,4-7,9,13H,3,8H2,(H2,20,26)(H,22,27). The van der Waals surface area contributed by atoms with Gasteiger partial charge in [-0.05, 0) is 24.6 Å². The lowest BCUT2D eigenvalue weighted by Gasteiger charge is -2.15. The molecule has 2 amide bonds. The summed E-state index contributed by atoms with van der Waals surface area (Å²) in [6.07, 6.45) is 7.72. The average molecular weight is 409 g/mol. The lowest BCUT2D eigenvalue weighted by molar-refractivity contribution is -0.137. The zero-order valence-corrected chi connectivity index (χ0v) is 15.8. The number of carbonyl (C=O) groups excluding carboxylic acids is 3. The van der Waals surface area contributed by atoms with E-state index in [4.69, 9.17) is 10.2 Å². The van der Waals surface area contributed by atoms with E-state index in [-0.39, 0.29) is 12.1 Å². The Bertz CT molecular complexity index is 1210. The predicted octanol–water partition coefficient (Wildman–Crippen LogP) is -0.447. The van der Waals surface area contributed by atoms with Gasteiger partial charge in [0.2, 0.25) is 5.78 Å². The highest BCUT2D eigenvalue weighted by Gasteiger charge is 2.29. The van der Waals surface area contributed by atoms with Gasteiger partial charge in [0, 0.05) is 23.4 Å². The van der Waals surface area contributed by atoms with Crippen LogP contribution in [0.3, 0.4) is 0 Å². The van der Waals surface area contributed by atoms with Crippen LogP contribution in [0.4, 0.5) is 0 Å². The molecule has 1 unspecified atom stereocenters. The van der Waals surface area contributed by atoms with Crippen molar-refractivity contribution in [1.82, 2.24) is 19.0 Å². The van der Waals surface area contributed by atoms with Gasteiger partial charge in [-0.15, -0.1) is 0 Å². The van der Waals surface area contributed by atoms with Gasteiger partial charge in [0.1, 0.15) is 17.2 Å². The van der Waals surface area contributed by atoms with Gasteiger partial charge in [-0.25, -0.2) is 0 Å². The predicted molar refractivity (Wildman–Crippen MR) is 104 cm³/mol. The van der Waals surface area contributed by atoms with Crippen LogP contribution in [0.15, 0.2) is 35.1 Å². The van der Waals surface area contributed by atoms with Gasteiger partial charge < -0.3 is 15.5 Å². The smallest absolute Gasteiger partial charge is 0.287 e. The van der Waals surface area contributed by atoms with Crippen LogP contribution in [0.25, 0.3) is 23.5 Å². The Morgan fingerprint density at radius 3 is 2.86 bits per heavy atom. The van der Waals surface area contributed by atoms with Gasteiger partial charge in [0.25, 0.3) is 11.8 Å². The van der Waals surface area contributed by atoms with Gasteiger partial charge in [-0.2, -0.15) is 8.75 Å². The number of ketones is 1. The highest BCUT2D eigenvalue weighted by Crippen LogP contribution is 2.19. The topological polar surface area (TPSA) is 141 Å². The van der Waals surface area contributed by atoms with Crippen molar-refractivity contribution in [3.05, 3.63) is 52.6 Å². The number of nitrogens with zero attached hydrogens (tertiary/aromatic N) is 3. The molecule has 3 heterocycles. The van der Waals surface area contributed by atoms with Crippen molar-refractivity contribution < 1.29 is 18.8 Å². The molecule has 29 heavy (non-hydrogen) atoms. The molecule has 10 heteroatoms. The third-order valence-corrected chi connectivity index (χ3v) is 4.99. The SMILES string of the molecule is NC(=O)C(=O)C(Cc1coc2c1=CCC=2)NC(=O)c1nsnc1-c1ccccn1. The number of hydrogen-bond donors (Lipinski definition) is 2. The Labute approximate surface area is 168 Å². The Hall–Kier alpha value is -3.66. The molecule has 9 nitrogen and oxygen atoms in total. The van der Waals surface area contributed by atoms with E-state index in [0.717, 1.165) is 23.4 Å². The molecule has 0 saturated carbocycles. The number of Topliss-reactive ketones (excluding diaryl/α,β-unsaturated/α-hetero) is 1. The van der Waals surface area contributed by atoms with E-state index in [2.05, 4.69) is 19.0 Å². The van der Waals surface area contributed by atoms with Gasteiger partial charge in [-0.1, -0.05) is 12.1 Å². The number of primary amides is 1. The maximum absolute atomic E-state index is 12.8. The summed E-state index contributed by atoms with van der Waals surface area (Å²) in [7, 11) is 0. The van der Waals surface area contributed by atoms with Crippen LogP contribution >= 0.6 is 11.7 Å². The summed E-state index contributed by atoms with van der Waals surface area (Å²) in [6.45, 7) is 0. The summed E-state index contributed by atoms with van der Waals surface area (Å²) in [5, 5.41) is 3.41. The Balaban J connectivity index is 1.61. The van der Waals surface area contributed by atoms with Crippen LogP contribution < -0.4 is 21.7 Å². The number of hydrogen-bond acceptors (Lipinski definition) is 8. The zero-order chi connectivity index (χ0) is 20.4. The molecule has 146 valence electrons. The monoisotopic (exact) mass is 409 g/mol. The first-order chi connectivity index (χ1) is 14.0. The molecule has 3 aromatic heterocycles. The van der Waals surface area contributed by atoms with Crippen molar-refractivity contribution in [2.24, 2.45) is 5.73 Å². The Morgan fingerprint density at radius 1 is 1.24 bits per heavy atom. The van der Waals surface area contributed by atoms with Gasteiger partial charge in [0.05, 0.1) is 23.7 Å². The molecule has 3 N–H and O–H groups in total. The molecular formula is C19H15N5O4S. The third kappa shape index (κ3) is 3.69. The second kappa shape index (κ2) is 7.76. The normalized spacial score (nSPS) is 13.1. The van der Waals surface area contributed by atoms with Crippen molar-refractivity contribution in [3.63, 3.8) is 0 Å². The Morgan fingerprint density at radius 2 is 2.10 bits per heavy atom. The minimum absolute atomic E-state index is 0.0216. The Kier molecular flexibility index (Phi) is 5.00. The number of rotatable bonds is 7. The number of aromatic nitrogens is 3. The van der Waals surface area contributed by atoms with Crippen molar-refractivity contribution in [1.29, 1.82) is 0 Å². The molecule has 0 aliphatic heterocycles. The fourth-order valence-electron chi connectivity index (χ4n) is 3.09. The summed E-state index contributed by atoms with van der Waals surface area (Å²) in [5.74, 6) is -2.68. The van der Waals surface area contributed by atoms with Crippen molar-refractivity contribution in [2.45, 2.75) is 18.9 Å². The second-order valence-corrected chi connectivity index (χ2v) is 6.85. The minimum Gasteiger partial charge on any atom is -0.464 e. The first kappa shape index (κ1) is 18.7. The zero-order valence-electron chi connectivity index (χ0n) is 15.0. The van der Waals surface area contributed by atoms with Crippen LogP contribution in [-0.4, -0.2) is 37.4 Å². The number of nitrogens with two attached hydrogens (primary N) is 1. The molecule has 1 atom stereocenters. The lowest BCUT2D eigenvalue weighted by Crippen LogP contribution is -2.48. The van der Waals surface area contributed by atoms with E-state index < -0.39 is 23.6 Å². The molecule has 0 bridgehead atoms. The maximum Gasteiger partial charge on any atom is 0.287 e. The van der Waals surface area contributed by atoms with Crippen LogP contribution in [0, 0.1) is 0 Å². The summed E-state index contributed by atoms with van der Waals surface area (Å²) >= 11 is 0.851. The molecule has 0 spiro atoms. The van der Waals surface area contributed by atoms with Gasteiger partial charge >= 0.3 is 0 Å². The van der Waals surface area contributed by atoms with E-state index in [9.17, 15) is 14.4 Å². The molecule has 0 saturated heterocycles. The maximum atomic E-state index is 12.8. The molecule has 0 fully saturated rings. The van der Waals surface area contributed by atoms with E-state index >= 15 is 0 Å². The number of amides is 2. The minimum atomic E-state index is -1.16. The molecular weight excluding hydrogens is 394 g/mol. The van der Waals surface area contributed by atoms with Crippen molar-refractivity contribution in [2.75, 3.05) is 0 Å². The van der Waals surface area contributed by atoms with E-state index in [1.54, 1.807) is 24.4 Å². The van der Waals surface area contributed by atoms with Crippen molar-refractivity contribution >= 4 is 41.5 Å². The first-order valence-electron chi connectivity index (χ1n) is 8.70. The number of carbonyl (C=O) groups is 3. The molecule has 1 aliphatic carbocycles. The number of furan rings is 1. The third-order valence-electron chi connectivity index (χ3n) is 4.46. The lowest BCUT2D eigenvalue weighted by atomic mass is 10.0. The quantitative estimate of drug-likeness (QED) is 0.504. The van der Waals surface area contributed by atoms with Crippen LogP contribution in [0.2, 0.25) is 0 Å².